The first-order valence-electron chi connectivity index (χ1n) is 3.32. The molecule has 0 aromatic heterocycles. The molecule has 0 aromatic carbocycles. The molecule has 3 nitrogen and oxygen atoms in total. The smallest absolute Gasteiger partial charge is 0.133 e. The molecule has 0 aliphatic carbocycles. The lowest BCUT2D eigenvalue weighted by Crippen LogP contribution is -2.27. The van der Waals surface area contributed by atoms with Crippen LogP contribution in [-0.4, -0.2) is 32.2 Å². The second-order valence-electron chi connectivity index (χ2n) is 2.14. The van der Waals surface area contributed by atoms with Gasteiger partial charge in [-0.1, -0.05) is 0 Å². The van der Waals surface area contributed by atoms with E-state index in [-0.39, 0.29) is 11.4 Å². The monoisotopic (exact) mass is 175 g/mol. The van der Waals surface area contributed by atoms with Gasteiger partial charge in [0.1, 0.15) is 5.40 Å². The summed E-state index contributed by atoms with van der Waals surface area (Å²) in [7, 11) is 3.24. The SMILES string of the molecule is COCC(OC)C(C)SC#N. The van der Waals surface area contributed by atoms with Crippen LogP contribution in [0.15, 0.2) is 0 Å². The molecule has 0 fully saturated rings. The molecule has 0 saturated heterocycles. The summed E-state index contributed by atoms with van der Waals surface area (Å²) < 4.78 is 10.0. The summed E-state index contributed by atoms with van der Waals surface area (Å²) in [6.07, 6.45) is 0.00431. The Morgan fingerprint density at radius 3 is 2.55 bits per heavy atom. The van der Waals surface area contributed by atoms with Crippen molar-refractivity contribution in [2.24, 2.45) is 0 Å². The Hall–Kier alpha value is -0.240. The minimum absolute atomic E-state index is 0.00431. The van der Waals surface area contributed by atoms with Crippen molar-refractivity contribution in [3.63, 3.8) is 0 Å². The number of hydrogen-bond donors (Lipinski definition) is 0. The molecule has 0 bridgehead atoms. The Morgan fingerprint density at radius 2 is 2.18 bits per heavy atom. The lowest BCUT2D eigenvalue weighted by molar-refractivity contribution is 0.0300. The molecule has 0 N–H and O–H groups in total. The Bertz CT molecular complexity index is 135. The Labute approximate surface area is 71.7 Å². The summed E-state index contributed by atoms with van der Waals surface area (Å²) in [6.45, 7) is 2.48. The van der Waals surface area contributed by atoms with Crippen LogP contribution >= 0.6 is 11.8 Å². The van der Waals surface area contributed by atoms with Gasteiger partial charge in [0.15, 0.2) is 0 Å². The first-order chi connectivity index (χ1) is 5.26. The summed E-state index contributed by atoms with van der Waals surface area (Å²) in [4.78, 5) is 0. The van der Waals surface area contributed by atoms with Crippen molar-refractivity contribution in [1.29, 1.82) is 5.26 Å². The molecule has 2 atom stereocenters. The molecule has 0 spiro atoms. The van der Waals surface area contributed by atoms with E-state index in [1.807, 2.05) is 12.3 Å². The van der Waals surface area contributed by atoms with Crippen LogP contribution < -0.4 is 0 Å². The fraction of sp³-hybridized carbons (Fsp3) is 0.857. The first kappa shape index (κ1) is 10.8. The van der Waals surface area contributed by atoms with E-state index in [4.69, 9.17) is 14.7 Å². The van der Waals surface area contributed by atoms with E-state index in [1.165, 1.54) is 11.8 Å². The van der Waals surface area contributed by atoms with Crippen molar-refractivity contribution in [2.75, 3.05) is 20.8 Å². The minimum atomic E-state index is 0.00431. The second-order valence-corrected chi connectivity index (χ2v) is 3.31. The fourth-order valence-corrected chi connectivity index (χ4v) is 1.23. The van der Waals surface area contributed by atoms with E-state index in [9.17, 15) is 0 Å². The van der Waals surface area contributed by atoms with Crippen LogP contribution in [0.4, 0.5) is 0 Å². The van der Waals surface area contributed by atoms with E-state index in [1.54, 1.807) is 14.2 Å². The number of nitriles is 1. The molecule has 0 aliphatic rings. The maximum Gasteiger partial charge on any atom is 0.133 e. The predicted molar refractivity (Wildman–Crippen MR) is 45.3 cm³/mol. The van der Waals surface area contributed by atoms with Gasteiger partial charge in [-0.05, 0) is 18.7 Å². The largest absolute Gasteiger partial charge is 0.382 e. The van der Waals surface area contributed by atoms with Gasteiger partial charge in [0, 0.05) is 19.5 Å². The standard InChI is InChI=1S/C7H13NO2S/c1-6(11-5-8)7(10-3)4-9-2/h6-7H,4H2,1-3H3. The van der Waals surface area contributed by atoms with Crippen molar-refractivity contribution >= 4 is 11.8 Å². The Balaban J connectivity index is 3.73. The second kappa shape index (κ2) is 6.47. The molecule has 11 heavy (non-hydrogen) atoms. The number of thioether (sulfide) groups is 1. The Kier molecular flexibility index (Phi) is 6.33. The quantitative estimate of drug-likeness (QED) is 0.590. The van der Waals surface area contributed by atoms with Crippen molar-refractivity contribution < 1.29 is 9.47 Å². The number of hydrogen-bond acceptors (Lipinski definition) is 4. The molecule has 0 radical (unpaired) electrons. The predicted octanol–water partition coefficient (Wildman–Crippen LogP) is 1.25. The van der Waals surface area contributed by atoms with Crippen molar-refractivity contribution in [3.8, 4) is 5.40 Å². The fourth-order valence-electron chi connectivity index (χ4n) is 0.718. The van der Waals surface area contributed by atoms with Crippen LogP contribution in [0.3, 0.4) is 0 Å². The van der Waals surface area contributed by atoms with Gasteiger partial charge in [-0.3, -0.25) is 0 Å². The zero-order valence-electron chi connectivity index (χ0n) is 7.03. The van der Waals surface area contributed by atoms with Gasteiger partial charge in [-0.15, -0.1) is 0 Å². The average molecular weight is 175 g/mol. The highest BCUT2D eigenvalue weighted by Crippen LogP contribution is 2.14. The van der Waals surface area contributed by atoms with E-state index in [0.717, 1.165) is 0 Å². The zero-order valence-corrected chi connectivity index (χ0v) is 7.85. The average Bonchev–Trinajstić information content (AvgIpc) is 2.00. The lowest BCUT2D eigenvalue weighted by Gasteiger charge is -2.18. The maximum absolute atomic E-state index is 8.37. The van der Waals surface area contributed by atoms with E-state index < -0.39 is 0 Å². The number of thiocyanates is 1. The normalized spacial score (nSPS) is 15.5. The first-order valence-corrected chi connectivity index (χ1v) is 4.20. The molecule has 0 amide bonds. The summed E-state index contributed by atoms with van der Waals surface area (Å²) in [5.41, 5.74) is 0. The third-order valence-corrected chi connectivity index (χ3v) is 2.18. The van der Waals surface area contributed by atoms with E-state index in [0.29, 0.717) is 6.61 Å². The number of methoxy groups -OCH3 is 2. The molecule has 2 unspecified atom stereocenters. The van der Waals surface area contributed by atoms with Gasteiger partial charge in [-0.25, -0.2) is 0 Å². The summed E-state index contributed by atoms with van der Waals surface area (Å²) >= 11 is 1.20. The van der Waals surface area contributed by atoms with Gasteiger partial charge in [0.2, 0.25) is 0 Å². The Morgan fingerprint density at radius 1 is 1.55 bits per heavy atom. The third-order valence-electron chi connectivity index (χ3n) is 1.40. The molecule has 0 aliphatic heterocycles. The van der Waals surface area contributed by atoms with Gasteiger partial charge >= 0.3 is 0 Å². The minimum Gasteiger partial charge on any atom is -0.382 e. The molecule has 0 aromatic rings. The molecular formula is C7H13NO2S. The van der Waals surface area contributed by atoms with Crippen LogP contribution in [0, 0.1) is 10.7 Å². The van der Waals surface area contributed by atoms with Crippen LogP contribution in [0.1, 0.15) is 6.92 Å². The van der Waals surface area contributed by atoms with Gasteiger partial charge < -0.3 is 9.47 Å². The topological polar surface area (TPSA) is 42.2 Å². The maximum atomic E-state index is 8.37. The summed E-state index contributed by atoms with van der Waals surface area (Å²) in [5, 5.41) is 10.5. The highest BCUT2D eigenvalue weighted by Gasteiger charge is 2.16. The summed E-state index contributed by atoms with van der Waals surface area (Å²) in [5.74, 6) is 0. The summed E-state index contributed by atoms with van der Waals surface area (Å²) in [6, 6.07) is 0. The molecule has 4 heteroatoms. The van der Waals surface area contributed by atoms with E-state index >= 15 is 0 Å². The number of nitrogens with zero attached hydrogens (tertiary/aromatic N) is 1. The molecule has 64 valence electrons. The molecule has 0 saturated carbocycles. The third kappa shape index (κ3) is 4.25. The van der Waals surface area contributed by atoms with Crippen molar-refractivity contribution in [2.45, 2.75) is 18.3 Å². The van der Waals surface area contributed by atoms with Gasteiger partial charge in [0.05, 0.1) is 12.7 Å². The van der Waals surface area contributed by atoms with Crippen LogP contribution in [0.25, 0.3) is 0 Å². The van der Waals surface area contributed by atoms with Crippen molar-refractivity contribution in [1.82, 2.24) is 0 Å². The molecular weight excluding hydrogens is 162 g/mol. The zero-order chi connectivity index (χ0) is 8.69. The lowest BCUT2D eigenvalue weighted by atomic mass is 10.3. The van der Waals surface area contributed by atoms with Crippen LogP contribution in [-0.2, 0) is 9.47 Å². The van der Waals surface area contributed by atoms with Crippen LogP contribution in [0.2, 0.25) is 0 Å². The van der Waals surface area contributed by atoms with Crippen molar-refractivity contribution in [3.05, 3.63) is 0 Å². The van der Waals surface area contributed by atoms with Gasteiger partial charge in [-0.2, -0.15) is 5.26 Å². The van der Waals surface area contributed by atoms with Crippen LogP contribution in [0.5, 0.6) is 0 Å². The highest BCUT2D eigenvalue weighted by molar-refractivity contribution is 8.04. The molecule has 0 heterocycles. The number of ether oxygens (including phenoxy) is 2. The van der Waals surface area contributed by atoms with E-state index in [2.05, 4.69) is 0 Å². The van der Waals surface area contributed by atoms with Gasteiger partial charge in [0.25, 0.3) is 0 Å². The molecule has 0 rings (SSSR count). The highest BCUT2D eigenvalue weighted by atomic mass is 32.2. The number of rotatable bonds is 5.